The number of nitrogens with zero attached hydrogens (tertiary/aromatic N) is 2. The maximum atomic E-state index is 12.1. The summed E-state index contributed by atoms with van der Waals surface area (Å²) in [5.74, 6) is 0.713. The summed E-state index contributed by atoms with van der Waals surface area (Å²) in [7, 11) is 0. The maximum Gasteiger partial charge on any atom is 0.416 e. The molecule has 98 valence electrons. The van der Waals surface area contributed by atoms with Gasteiger partial charge >= 0.3 is 6.09 Å². The Kier molecular flexibility index (Phi) is 3.61. The predicted molar refractivity (Wildman–Crippen MR) is 73.8 cm³/mol. The molecule has 1 aromatic rings. The van der Waals surface area contributed by atoms with E-state index in [4.69, 9.17) is 4.74 Å². The van der Waals surface area contributed by atoms with Gasteiger partial charge in [0.25, 0.3) is 0 Å². The number of aromatic nitrogens is 1. The number of fused-ring (bicyclic) bond motifs is 1. The van der Waals surface area contributed by atoms with Crippen LogP contribution in [0.1, 0.15) is 32.8 Å². The topological polar surface area (TPSA) is 42.4 Å². The normalized spacial score (nSPS) is 15.2. The summed E-state index contributed by atoms with van der Waals surface area (Å²) in [5.41, 5.74) is 0.593. The molecule has 5 heteroatoms. The molecule has 0 aliphatic carbocycles. The van der Waals surface area contributed by atoms with Crippen LogP contribution in [0.4, 0.5) is 10.6 Å². The van der Waals surface area contributed by atoms with E-state index in [2.05, 4.69) is 20.9 Å². The fourth-order valence-corrected chi connectivity index (χ4v) is 2.43. The van der Waals surface area contributed by atoms with Crippen LogP contribution in [0.25, 0.3) is 0 Å². The highest BCUT2D eigenvalue weighted by Crippen LogP contribution is 2.31. The first kappa shape index (κ1) is 13.3. The Labute approximate surface area is 115 Å². The molecule has 0 aromatic carbocycles. The van der Waals surface area contributed by atoms with E-state index < -0.39 is 5.60 Å². The van der Waals surface area contributed by atoms with Crippen LogP contribution in [0, 0.1) is 0 Å². The average Bonchev–Trinajstić information content (AvgIpc) is 2.26. The van der Waals surface area contributed by atoms with Crippen LogP contribution in [0.15, 0.2) is 16.7 Å². The van der Waals surface area contributed by atoms with E-state index in [1.54, 1.807) is 11.1 Å². The highest BCUT2D eigenvalue weighted by atomic mass is 79.9. The van der Waals surface area contributed by atoms with Crippen LogP contribution in [-0.2, 0) is 11.2 Å². The molecule has 1 aliphatic rings. The molecular weight excluding hydrogens is 296 g/mol. The second-order valence-electron chi connectivity index (χ2n) is 5.33. The number of amides is 1. The molecule has 0 spiro atoms. The molecule has 2 heterocycles. The zero-order chi connectivity index (χ0) is 13.3. The Bertz CT molecular complexity index is 469. The molecule has 0 unspecified atom stereocenters. The molecule has 0 bridgehead atoms. The number of pyridine rings is 1. The number of hydrogen-bond acceptors (Lipinski definition) is 3. The van der Waals surface area contributed by atoms with E-state index in [-0.39, 0.29) is 6.09 Å². The molecule has 1 aliphatic heterocycles. The number of carbonyl (C=O) groups excluding carboxylic acids is 1. The molecule has 4 nitrogen and oxygen atoms in total. The highest BCUT2D eigenvalue weighted by Gasteiger charge is 2.28. The lowest BCUT2D eigenvalue weighted by Gasteiger charge is -2.31. The summed E-state index contributed by atoms with van der Waals surface area (Å²) in [6.45, 7) is 6.25. The first-order valence-corrected chi connectivity index (χ1v) is 6.82. The molecule has 0 radical (unpaired) electrons. The number of halogens is 1. The molecule has 0 saturated carbocycles. The molecule has 0 N–H and O–H groups in total. The van der Waals surface area contributed by atoms with Gasteiger partial charge in [0, 0.05) is 22.8 Å². The monoisotopic (exact) mass is 312 g/mol. The van der Waals surface area contributed by atoms with E-state index >= 15 is 0 Å². The van der Waals surface area contributed by atoms with Crippen molar-refractivity contribution in [2.45, 2.75) is 39.2 Å². The highest BCUT2D eigenvalue weighted by molar-refractivity contribution is 9.10. The largest absolute Gasteiger partial charge is 0.443 e. The van der Waals surface area contributed by atoms with Gasteiger partial charge < -0.3 is 4.74 Å². The predicted octanol–water partition coefficient (Wildman–Crippen LogP) is 3.53. The number of carbonyl (C=O) groups is 1. The van der Waals surface area contributed by atoms with Gasteiger partial charge in [-0.3, -0.25) is 4.90 Å². The standard InChI is InChI=1S/C13H17BrN2O2/c1-13(2,3)18-12(17)16-8-4-5-9-10(14)6-7-15-11(9)16/h6-7H,4-5,8H2,1-3H3. The zero-order valence-electron chi connectivity index (χ0n) is 10.9. The van der Waals surface area contributed by atoms with Crippen LogP contribution in [0.5, 0.6) is 0 Å². The number of ether oxygens (including phenoxy) is 1. The smallest absolute Gasteiger partial charge is 0.416 e. The summed E-state index contributed by atoms with van der Waals surface area (Å²) in [6, 6.07) is 1.90. The summed E-state index contributed by atoms with van der Waals surface area (Å²) in [4.78, 5) is 18.1. The Hall–Kier alpha value is -1.10. The SMILES string of the molecule is CC(C)(C)OC(=O)N1CCCc2c(Br)ccnc21. The fourth-order valence-electron chi connectivity index (χ4n) is 1.94. The Morgan fingerprint density at radius 1 is 1.50 bits per heavy atom. The van der Waals surface area contributed by atoms with E-state index in [9.17, 15) is 4.79 Å². The van der Waals surface area contributed by atoms with Crippen molar-refractivity contribution in [2.24, 2.45) is 0 Å². The lowest BCUT2D eigenvalue weighted by atomic mass is 10.1. The summed E-state index contributed by atoms with van der Waals surface area (Å²) in [5, 5.41) is 0. The molecule has 1 aromatic heterocycles. The second-order valence-corrected chi connectivity index (χ2v) is 6.18. The van der Waals surface area contributed by atoms with Gasteiger partial charge in [-0.25, -0.2) is 9.78 Å². The van der Waals surface area contributed by atoms with Gasteiger partial charge in [0.1, 0.15) is 11.4 Å². The molecule has 18 heavy (non-hydrogen) atoms. The van der Waals surface area contributed by atoms with E-state index in [0.717, 1.165) is 22.9 Å². The Morgan fingerprint density at radius 2 is 2.22 bits per heavy atom. The third-order valence-corrected chi connectivity index (χ3v) is 3.40. The van der Waals surface area contributed by atoms with Crippen molar-refractivity contribution in [1.82, 2.24) is 4.98 Å². The van der Waals surface area contributed by atoms with Crippen LogP contribution >= 0.6 is 15.9 Å². The summed E-state index contributed by atoms with van der Waals surface area (Å²) >= 11 is 3.50. The third-order valence-electron chi connectivity index (χ3n) is 2.65. The van der Waals surface area contributed by atoms with Crippen LogP contribution in [-0.4, -0.2) is 23.2 Å². The molecule has 0 atom stereocenters. The molecule has 0 fully saturated rings. The van der Waals surface area contributed by atoms with Crippen LogP contribution in [0.3, 0.4) is 0 Å². The Balaban J connectivity index is 2.28. The van der Waals surface area contributed by atoms with E-state index in [1.165, 1.54) is 0 Å². The number of rotatable bonds is 0. The zero-order valence-corrected chi connectivity index (χ0v) is 12.5. The molecule has 0 saturated heterocycles. The molecular formula is C13H17BrN2O2. The van der Waals surface area contributed by atoms with Crippen molar-refractivity contribution >= 4 is 27.8 Å². The minimum atomic E-state index is -0.485. The summed E-state index contributed by atoms with van der Waals surface area (Å²) < 4.78 is 6.41. The quantitative estimate of drug-likeness (QED) is 0.736. The summed E-state index contributed by atoms with van der Waals surface area (Å²) in [6.07, 6.45) is 3.24. The third kappa shape index (κ3) is 2.83. The van der Waals surface area contributed by atoms with E-state index in [0.29, 0.717) is 12.4 Å². The first-order valence-electron chi connectivity index (χ1n) is 6.02. The minimum absolute atomic E-state index is 0.325. The molecule has 1 amide bonds. The lowest BCUT2D eigenvalue weighted by molar-refractivity contribution is 0.0576. The van der Waals surface area contributed by atoms with Gasteiger partial charge in [-0.05, 0) is 39.7 Å². The Morgan fingerprint density at radius 3 is 2.89 bits per heavy atom. The van der Waals surface area contributed by atoms with Gasteiger partial charge in [0.15, 0.2) is 0 Å². The minimum Gasteiger partial charge on any atom is -0.443 e. The van der Waals surface area contributed by atoms with Crippen molar-refractivity contribution in [3.05, 3.63) is 22.3 Å². The van der Waals surface area contributed by atoms with Crippen LogP contribution in [0.2, 0.25) is 0 Å². The molecule has 2 rings (SSSR count). The van der Waals surface area contributed by atoms with Gasteiger partial charge in [0.05, 0.1) is 0 Å². The van der Waals surface area contributed by atoms with Gasteiger partial charge in [0.2, 0.25) is 0 Å². The first-order chi connectivity index (χ1) is 8.38. The average molecular weight is 313 g/mol. The van der Waals surface area contributed by atoms with Crippen molar-refractivity contribution < 1.29 is 9.53 Å². The van der Waals surface area contributed by atoms with Crippen LogP contribution < -0.4 is 4.90 Å². The van der Waals surface area contributed by atoms with Gasteiger partial charge in [-0.2, -0.15) is 0 Å². The van der Waals surface area contributed by atoms with Crippen molar-refractivity contribution in [3.63, 3.8) is 0 Å². The number of anilines is 1. The van der Waals surface area contributed by atoms with Gasteiger partial charge in [-0.15, -0.1) is 0 Å². The van der Waals surface area contributed by atoms with Crippen molar-refractivity contribution in [2.75, 3.05) is 11.4 Å². The van der Waals surface area contributed by atoms with Crippen molar-refractivity contribution in [1.29, 1.82) is 0 Å². The van der Waals surface area contributed by atoms with Gasteiger partial charge in [-0.1, -0.05) is 15.9 Å². The van der Waals surface area contributed by atoms with Crippen molar-refractivity contribution in [3.8, 4) is 0 Å². The second kappa shape index (κ2) is 4.88. The fraction of sp³-hybridized carbons (Fsp3) is 0.538. The lowest BCUT2D eigenvalue weighted by Crippen LogP contribution is -2.40. The maximum absolute atomic E-state index is 12.1. The van der Waals surface area contributed by atoms with E-state index in [1.807, 2.05) is 26.8 Å². The number of hydrogen-bond donors (Lipinski definition) is 0.